The van der Waals surface area contributed by atoms with Crippen LogP contribution in [0.15, 0.2) is 47.6 Å². The zero-order valence-corrected chi connectivity index (χ0v) is 16.0. The number of hydrogen-bond acceptors (Lipinski definition) is 3. The summed E-state index contributed by atoms with van der Waals surface area (Å²) in [4.78, 5) is 11.7. The molecule has 0 atom stereocenters. The second kappa shape index (κ2) is 8.32. The highest BCUT2D eigenvalue weighted by Crippen LogP contribution is 2.26. The molecule has 0 saturated carbocycles. The topological polar surface area (TPSA) is 62.7 Å². The number of para-hydroxylation sites is 1. The lowest BCUT2D eigenvalue weighted by molar-refractivity contribution is 0.252. The highest BCUT2D eigenvalue weighted by atomic mass is 127. The van der Waals surface area contributed by atoms with E-state index in [0.717, 1.165) is 18.5 Å². The lowest BCUT2D eigenvalue weighted by atomic mass is 10.2. The predicted octanol–water partition coefficient (Wildman–Crippen LogP) is 4.06. The fourth-order valence-electron chi connectivity index (χ4n) is 1.73. The zero-order valence-electron chi connectivity index (χ0n) is 11.6. The minimum absolute atomic E-state index is 0.401. The summed E-state index contributed by atoms with van der Waals surface area (Å²) in [5.74, 6) is 0.732. The number of carbonyl (C=O) groups is 1. The third-order valence-corrected chi connectivity index (χ3v) is 4.07. The van der Waals surface area contributed by atoms with Gasteiger partial charge in [0.2, 0.25) is 0 Å². The van der Waals surface area contributed by atoms with E-state index in [1.165, 1.54) is 0 Å². The highest BCUT2D eigenvalue weighted by molar-refractivity contribution is 14.1. The molecule has 2 N–H and O–H groups in total. The minimum Gasteiger partial charge on any atom is -0.495 e. The van der Waals surface area contributed by atoms with Crippen molar-refractivity contribution < 1.29 is 9.53 Å². The molecule has 2 rings (SSSR count). The van der Waals surface area contributed by atoms with Crippen LogP contribution in [-0.4, -0.2) is 19.4 Å². The van der Waals surface area contributed by atoms with Crippen molar-refractivity contribution in [2.75, 3.05) is 12.4 Å². The van der Waals surface area contributed by atoms with Crippen LogP contribution in [0.3, 0.4) is 0 Å². The summed E-state index contributed by atoms with van der Waals surface area (Å²) in [5.41, 5.74) is 3.94. The molecule has 0 aromatic heterocycles. The van der Waals surface area contributed by atoms with E-state index < -0.39 is 6.03 Å². The van der Waals surface area contributed by atoms with E-state index in [-0.39, 0.29) is 0 Å². The molecule has 0 aliphatic rings. The third kappa shape index (κ3) is 4.83. The van der Waals surface area contributed by atoms with Crippen LogP contribution in [0.5, 0.6) is 5.75 Å². The van der Waals surface area contributed by atoms with E-state index >= 15 is 0 Å². The number of rotatable bonds is 4. The summed E-state index contributed by atoms with van der Waals surface area (Å²) in [6, 6.07) is 12.7. The van der Waals surface area contributed by atoms with Crippen molar-refractivity contribution in [3.63, 3.8) is 0 Å². The van der Waals surface area contributed by atoms with Gasteiger partial charge in [-0.1, -0.05) is 18.2 Å². The standard InChI is InChI=1S/C15H13I2N3O2/c1-22-14-10(7-11(16)8-13(14)17)9-18-20-15(21)19-12-5-3-2-4-6-12/h2-9H,1H3,(H2,19,20,21). The molecule has 2 aromatic carbocycles. The van der Waals surface area contributed by atoms with Crippen LogP contribution in [0.25, 0.3) is 0 Å². The second-order valence-electron chi connectivity index (χ2n) is 4.20. The van der Waals surface area contributed by atoms with Crippen LogP contribution < -0.4 is 15.5 Å². The lowest BCUT2D eigenvalue weighted by Gasteiger charge is -2.08. The van der Waals surface area contributed by atoms with Gasteiger partial charge in [-0.05, 0) is 69.4 Å². The van der Waals surface area contributed by atoms with Gasteiger partial charge >= 0.3 is 6.03 Å². The predicted molar refractivity (Wildman–Crippen MR) is 105 cm³/mol. The van der Waals surface area contributed by atoms with Crippen molar-refractivity contribution in [1.29, 1.82) is 0 Å². The van der Waals surface area contributed by atoms with Crippen LogP contribution in [0, 0.1) is 7.14 Å². The molecule has 114 valence electrons. The Morgan fingerprint density at radius 3 is 2.64 bits per heavy atom. The SMILES string of the molecule is COc1c(I)cc(I)cc1C=NNC(=O)Nc1ccccc1. The van der Waals surface area contributed by atoms with E-state index in [1.807, 2.05) is 30.3 Å². The summed E-state index contributed by atoms with van der Waals surface area (Å²) in [5, 5.41) is 6.64. The maximum absolute atomic E-state index is 11.7. The molecule has 0 saturated heterocycles. The molecular formula is C15H13I2N3O2. The summed E-state index contributed by atoms with van der Waals surface area (Å²) < 4.78 is 7.41. The Balaban J connectivity index is 2.02. The van der Waals surface area contributed by atoms with Crippen LogP contribution in [0.2, 0.25) is 0 Å². The molecule has 2 aromatic rings. The van der Waals surface area contributed by atoms with Gasteiger partial charge in [-0.25, -0.2) is 10.2 Å². The van der Waals surface area contributed by atoms with Crippen molar-refractivity contribution >= 4 is 63.1 Å². The molecule has 2 amide bonds. The van der Waals surface area contributed by atoms with Crippen molar-refractivity contribution in [1.82, 2.24) is 5.43 Å². The van der Waals surface area contributed by atoms with Gasteiger partial charge in [0.15, 0.2) is 0 Å². The molecule has 0 fully saturated rings. The number of benzene rings is 2. The molecule has 0 bridgehead atoms. The van der Waals surface area contributed by atoms with Crippen molar-refractivity contribution in [3.8, 4) is 5.75 Å². The molecule has 0 aliphatic heterocycles. The first-order valence-corrected chi connectivity index (χ1v) is 8.44. The fourth-order valence-corrected chi connectivity index (χ4v) is 3.84. The van der Waals surface area contributed by atoms with Gasteiger partial charge < -0.3 is 10.1 Å². The number of nitrogens with zero attached hydrogens (tertiary/aromatic N) is 1. The normalized spacial score (nSPS) is 10.5. The Hall–Kier alpha value is -1.36. The van der Waals surface area contributed by atoms with E-state index in [2.05, 4.69) is 61.0 Å². The molecular weight excluding hydrogens is 508 g/mol. The molecule has 0 spiro atoms. The highest BCUT2D eigenvalue weighted by Gasteiger charge is 2.07. The number of nitrogens with one attached hydrogen (secondary N) is 2. The Kier molecular flexibility index (Phi) is 6.43. The monoisotopic (exact) mass is 521 g/mol. The Morgan fingerprint density at radius 2 is 1.95 bits per heavy atom. The van der Waals surface area contributed by atoms with E-state index in [1.54, 1.807) is 25.5 Å². The number of hydrogen-bond donors (Lipinski definition) is 2. The van der Waals surface area contributed by atoms with Crippen LogP contribution in [0.1, 0.15) is 5.56 Å². The summed E-state index contributed by atoms with van der Waals surface area (Å²) in [6.07, 6.45) is 1.56. The Bertz CT molecular complexity index is 691. The van der Waals surface area contributed by atoms with Crippen LogP contribution in [-0.2, 0) is 0 Å². The molecule has 0 radical (unpaired) electrons. The summed E-state index contributed by atoms with van der Waals surface area (Å²) >= 11 is 4.42. The van der Waals surface area contributed by atoms with E-state index in [0.29, 0.717) is 5.69 Å². The third-order valence-electron chi connectivity index (χ3n) is 2.64. The first-order valence-electron chi connectivity index (χ1n) is 6.28. The van der Waals surface area contributed by atoms with Gasteiger partial charge in [-0.15, -0.1) is 0 Å². The number of urea groups is 1. The average Bonchev–Trinajstić information content (AvgIpc) is 2.48. The quantitative estimate of drug-likeness (QED) is 0.363. The summed E-state index contributed by atoms with van der Waals surface area (Å²) in [6.45, 7) is 0. The second-order valence-corrected chi connectivity index (χ2v) is 6.61. The lowest BCUT2D eigenvalue weighted by Crippen LogP contribution is -2.24. The van der Waals surface area contributed by atoms with Gasteiger partial charge in [-0.2, -0.15) is 5.10 Å². The number of carbonyl (C=O) groups excluding carboxylic acids is 1. The number of hydrazone groups is 1. The summed E-state index contributed by atoms with van der Waals surface area (Å²) in [7, 11) is 1.61. The minimum atomic E-state index is -0.401. The number of halogens is 2. The van der Waals surface area contributed by atoms with Crippen LogP contribution >= 0.6 is 45.2 Å². The zero-order chi connectivity index (χ0) is 15.9. The number of ether oxygens (including phenoxy) is 1. The molecule has 22 heavy (non-hydrogen) atoms. The fraction of sp³-hybridized carbons (Fsp3) is 0.0667. The van der Waals surface area contributed by atoms with Gasteiger partial charge in [0.05, 0.1) is 16.9 Å². The van der Waals surface area contributed by atoms with Crippen LogP contribution in [0.4, 0.5) is 10.5 Å². The van der Waals surface area contributed by atoms with Gasteiger partial charge in [0.25, 0.3) is 0 Å². The van der Waals surface area contributed by atoms with Gasteiger partial charge in [0.1, 0.15) is 5.75 Å². The molecule has 0 aliphatic carbocycles. The maximum atomic E-state index is 11.7. The molecule has 5 nitrogen and oxygen atoms in total. The first kappa shape index (κ1) is 17.0. The largest absolute Gasteiger partial charge is 0.495 e. The smallest absolute Gasteiger partial charge is 0.339 e. The molecule has 0 unspecified atom stereocenters. The molecule has 7 heteroatoms. The van der Waals surface area contributed by atoms with E-state index in [4.69, 9.17) is 4.74 Å². The molecule has 0 heterocycles. The van der Waals surface area contributed by atoms with Crippen molar-refractivity contribution in [2.24, 2.45) is 5.10 Å². The average molecular weight is 521 g/mol. The van der Waals surface area contributed by atoms with Gasteiger partial charge in [-0.3, -0.25) is 0 Å². The Labute approximate surface area is 155 Å². The first-order chi connectivity index (χ1) is 10.6. The van der Waals surface area contributed by atoms with Crippen molar-refractivity contribution in [2.45, 2.75) is 0 Å². The Morgan fingerprint density at radius 1 is 1.23 bits per heavy atom. The number of amides is 2. The number of methoxy groups -OCH3 is 1. The maximum Gasteiger partial charge on any atom is 0.339 e. The van der Waals surface area contributed by atoms with Gasteiger partial charge in [0, 0.05) is 14.8 Å². The number of anilines is 1. The van der Waals surface area contributed by atoms with Crippen molar-refractivity contribution in [3.05, 3.63) is 55.2 Å². The van der Waals surface area contributed by atoms with E-state index in [9.17, 15) is 4.79 Å².